The number of nitriles is 1. The lowest BCUT2D eigenvalue weighted by Crippen LogP contribution is -2.42. The van der Waals surface area contributed by atoms with E-state index in [1.165, 1.54) is 11.3 Å². The molecule has 0 saturated carbocycles. The number of esters is 1. The van der Waals surface area contributed by atoms with E-state index in [0.717, 1.165) is 35.1 Å². The number of piperidine rings is 1. The molecule has 1 aromatic carbocycles. The van der Waals surface area contributed by atoms with Crippen LogP contribution in [-0.2, 0) is 14.3 Å². The van der Waals surface area contributed by atoms with Gasteiger partial charge < -0.3 is 4.74 Å². The topological polar surface area (TPSA) is 83.3 Å². The molecule has 1 aliphatic rings. The van der Waals surface area contributed by atoms with Gasteiger partial charge in [0, 0.05) is 22.0 Å². The third kappa shape index (κ3) is 5.50. The van der Waals surface area contributed by atoms with Crippen molar-refractivity contribution in [3.05, 3.63) is 39.1 Å². The minimum atomic E-state index is -0.896. The molecule has 6 nitrogen and oxygen atoms in total. The van der Waals surface area contributed by atoms with Crippen LogP contribution >= 0.6 is 27.3 Å². The highest BCUT2D eigenvalue weighted by Gasteiger charge is 2.31. The zero-order chi connectivity index (χ0) is 20.8. The number of benzene rings is 1. The summed E-state index contributed by atoms with van der Waals surface area (Å²) >= 11 is 4.73. The van der Waals surface area contributed by atoms with Crippen LogP contribution in [0, 0.1) is 17.2 Å². The van der Waals surface area contributed by atoms with Gasteiger partial charge in [0.2, 0.25) is 0 Å². The van der Waals surface area contributed by atoms with E-state index in [1.807, 2.05) is 34.5 Å². The molecule has 2 heterocycles. The maximum atomic E-state index is 12.8. The van der Waals surface area contributed by atoms with E-state index in [1.54, 1.807) is 6.92 Å². The number of halogens is 1. The summed E-state index contributed by atoms with van der Waals surface area (Å²) in [7, 11) is 0. The van der Waals surface area contributed by atoms with Gasteiger partial charge in [-0.15, -0.1) is 11.3 Å². The Morgan fingerprint density at radius 2 is 2.17 bits per heavy atom. The highest BCUT2D eigenvalue weighted by molar-refractivity contribution is 9.10. The maximum Gasteiger partial charge on any atom is 0.310 e. The van der Waals surface area contributed by atoms with Crippen LogP contribution in [0.15, 0.2) is 34.1 Å². The number of rotatable bonds is 7. The number of hydrogen-bond acceptors (Lipinski definition) is 7. The zero-order valence-corrected chi connectivity index (χ0v) is 18.5. The molecule has 8 heteroatoms. The molecule has 0 bridgehead atoms. The smallest absolute Gasteiger partial charge is 0.310 e. The van der Waals surface area contributed by atoms with Crippen molar-refractivity contribution in [3.8, 4) is 17.3 Å². The fraction of sp³-hybridized carbons (Fsp3) is 0.429. The Hall–Kier alpha value is -2.08. The number of ketones is 1. The summed E-state index contributed by atoms with van der Waals surface area (Å²) in [6.07, 6.45) is 1.60. The molecule has 152 valence electrons. The molecular weight excluding hydrogens is 454 g/mol. The highest BCUT2D eigenvalue weighted by Crippen LogP contribution is 2.28. The molecule has 1 saturated heterocycles. The first-order chi connectivity index (χ1) is 14.0. The summed E-state index contributed by atoms with van der Waals surface area (Å²) in [5.41, 5.74) is 1.69. The van der Waals surface area contributed by atoms with Crippen LogP contribution in [0.5, 0.6) is 0 Å². The first-order valence-corrected chi connectivity index (χ1v) is 11.2. The van der Waals surface area contributed by atoms with E-state index in [0.29, 0.717) is 18.2 Å². The third-order valence-corrected chi connectivity index (χ3v) is 6.30. The van der Waals surface area contributed by atoms with Gasteiger partial charge in [0.15, 0.2) is 11.7 Å². The molecule has 0 N–H and O–H groups in total. The molecule has 1 aliphatic heterocycles. The molecular formula is C21H22BrN3O3S. The number of aromatic nitrogens is 1. The molecule has 0 unspecified atom stereocenters. The Kier molecular flexibility index (Phi) is 7.53. The Bertz CT molecular complexity index is 907. The molecule has 1 fully saturated rings. The lowest BCUT2D eigenvalue weighted by molar-refractivity contribution is -0.150. The fourth-order valence-corrected chi connectivity index (χ4v) is 4.56. The van der Waals surface area contributed by atoms with Crippen LogP contribution in [0.1, 0.15) is 30.7 Å². The van der Waals surface area contributed by atoms with E-state index in [4.69, 9.17) is 4.74 Å². The van der Waals surface area contributed by atoms with Gasteiger partial charge in [-0.05, 0) is 38.4 Å². The fourth-order valence-electron chi connectivity index (χ4n) is 3.40. The first-order valence-electron chi connectivity index (χ1n) is 9.54. The number of carbonyl (C=O) groups is 2. The number of thiazole rings is 1. The van der Waals surface area contributed by atoms with Crippen molar-refractivity contribution in [3.63, 3.8) is 0 Å². The summed E-state index contributed by atoms with van der Waals surface area (Å²) in [4.78, 5) is 31.3. The van der Waals surface area contributed by atoms with E-state index in [9.17, 15) is 14.9 Å². The van der Waals surface area contributed by atoms with Gasteiger partial charge in [-0.2, -0.15) is 5.26 Å². The van der Waals surface area contributed by atoms with Gasteiger partial charge >= 0.3 is 5.97 Å². The van der Waals surface area contributed by atoms with Gasteiger partial charge in [-0.3, -0.25) is 14.5 Å². The average molecular weight is 476 g/mol. The van der Waals surface area contributed by atoms with E-state index in [2.05, 4.69) is 27.0 Å². The van der Waals surface area contributed by atoms with Crippen LogP contribution < -0.4 is 0 Å². The monoisotopic (exact) mass is 475 g/mol. The molecule has 0 radical (unpaired) electrons. The SMILES string of the molecule is CCOC(=O)[C@H]1CCCN(CC(=O)[C@H](C#N)c2nc(-c3ccc(Br)cc3)cs2)C1. The molecule has 1 aromatic heterocycles. The largest absolute Gasteiger partial charge is 0.466 e. The van der Waals surface area contributed by atoms with Crippen molar-refractivity contribution in [2.75, 3.05) is 26.2 Å². The summed E-state index contributed by atoms with van der Waals surface area (Å²) in [6, 6.07) is 9.84. The lowest BCUT2D eigenvalue weighted by Gasteiger charge is -2.31. The second-order valence-electron chi connectivity index (χ2n) is 6.93. The van der Waals surface area contributed by atoms with Crippen molar-refractivity contribution in [1.29, 1.82) is 5.26 Å². The number of likely N-dealkylation sites (tertiary alicyclic amines) is 1. The van der Waals surface area contributed by atoms with Crippen molar-refractivity contribution < 1.29 is 14.3 Å². The van der Waals surface area contributed by atoms with Crippen LogP contribution in [-0.4, -0.2) is 47.9 Å². The highest BCUT2D eigenvalue weighted by atomic mass is 79.9. The second-order valence-corrected chi connectivity index (χ2v) is 8.74. The molecule has 0 amide bonds. The molecule has 2 atom stereocenters. The summed E-state index contributed by atoms with van der Waals surface area (Å²) < 4.78 is 6.09. The number of carbonyl (C=O) groups excluding carboxylic acids is 2. The summed E-state index contributed by atoms with van der Waals surface area (Å²) in [6.45, 7) is 3.51. The minimum absolute atomic E-state index is 0.140. The van der Waals surface area contributed by atoms with Gasteiger partial charge in [-0.25, -0.2) is 4.98 Å². The van der Waals surface area contributed by atoms with Gasteiger partial charge in [-0.1, -0.05) is 28.1 Å². The average Bonchev–Trinajstić information content (AvgIpc) is 3.19. The number of ether oxygens (including phenoxy) is 1. The van der Waals surface area contributed by atoms with Crippen molar-refractivity contribution in [2.45, 2.75) is 25.7 Å². The molecule has 29 heavy (non-hydrogen) atoms. The van der Waals surface area contributed by atoms with Crippen LogP contribution in [0.2, 0.25) is 0 Å². The second kappa shape index (κ2) is 10.1. The quantitative estimate of drug-likeness (QED) is 0.562. The van der Waals surface area contributed by atoms with Gasteiger partial charge in [0.25, 0.3) is 0 Å². The molecule has 3 rings (SSSR count). The normalized spacial score (nSPS) is 18.0. The van der Waals surface area contributed by atoms with Crippen LogP contribution in [0.4, 0.5) is 0 Å². The van der Waals surface area contributed by atoms with Gasteiger partial charge in [0.05, 0.1) is 30.8 Å². The Labute approximate surface area is 182 Å². The maximum absolute atomic E-state index is 12.8. The van der Waals surface area contributed by atoms with E-state index >= 15 is 0 Å². The van der Waals surface area contributed by atoms with Crippen LogP contribution in [0.25, 0.3) is 11.3 Å². The molecule has 0 aliphatic carbocycles. The predicted octanol–water partition coefficient (Wildman–Crippen LogP) is 4.02. The molecule has 0 spiro atoms. The summed E-state index contributed by atoms with van der Waals surface area (Å²) in [5, 5.41) is 12.0. The first kappa shape index (κ1) is 21.6. The van der Waals surface area contributed by atoms with E-state index in [-0.39, 0.29) is 24.2 Å². The number of Topliss-reactive ketones (excluding diaryl/α,β-unsaturated/α-hetero) is 1. The lowest BCUT2D eigenvalue weighted by atomic mass is 9.97. The third-order valence-electron chi connectivity index (χ3n) is 4.86. The number of nitrogens with zero attached hydrogens (tertiary/aromatic N) is 3. The van der Waals surface area contributed by atoms with E-state index < -0.39 is 5.92 Å². The standard InChI is InChI=1S/C21H22BrN3O3S/c1-2-28-21(27)15-4-3-9-25(11-15)12-19(26)17(10-23)20-24-18(13-29-20)14-5-7-16(22)8-6-14/h5-8,13,15,17H,2-4,9,11-12H2,1H3/t15-,17-/m0/s1. The Morgan fingerprint density at radius 3 is 2.86 bits per heavy atom. The predicted molar refractivity (Wildman–Crippen MR) is 114 cm³/mol. The number of hydrogen-bond donors (Lipinski definition) is 0. The zero-order valence-electron chi connectivity index (χ0n) is 16.1. The van der Waals surface area contributed by atoms with Crippen molar-refractivity contribution in [2.24, 2.45) is 5.92 Å². The minimum Gasteiger partial charge on any atom is -0.466 e. The summed E-state index contributed by atoms with van der Waals surface area (Å²) in [5.74, 6) is -1.50. The van der Waals surface area contributed by atoms with Crippen molar-refractivity contribution >= 4 is 39.0 Å². The van der Waals surface area contributed by atoms with Gasteiger partial charge in [0.1, 0.15) is 5.01 Å². The Balaban J connectivity index is 1.66. The van der Waals surface area contributed by atoms with Crippen LogP contribution in [0.3, 0.4) is 0 Å². The van der Waals surface area contributed by atoms with Crippen molar-refractivity contribution in [1.82, 2.24) is 9.88 Å². The molecule has 2 aromatic rings. The Morgan fingerprint density at radius 1 is 1.41 bits per heavy atom.